The average molecular weight is 231 g/mol. The van der Waals surface area contributed by atoms with Crippen LogP contribution in [0.1, 0.15) is 31.2 Å². The van der Waals surface area contributed by atoms with Gasteiger partial charge in [-0.05, 0) is 38.7 Å². The van der Waals surface area contributed by atoms with Crippen LogP contribution in [-0.4, -0.2) is 22.1 Å². The van der Waals surface area contributed by atoms with E-state index < -0.39 is 0 Å². The zero-order chi connectivity index (χ0) is 12.5. The van der Waals surface area contributed by atoms with Crippen LogP contribution in [0, 0.1) is 24.2 Å². The molecule has 0 bridgehead atoms. The second kappa shape index (κ2) is 4.30. The summed E-state index contributed by atoms with van der Waals surface area (Å²) >= 11 is 0. The number of nitrogens with two attached hydrogens (primary N) is 1. The van der Waals surface area contributed by atoms with Crippen molar-refractivity contribution in [2.45, 2.75) is 32.2 Å². The predicted octanol–water partition coefficient (Wildman–Crippen LogP) is 1.20. The summed E-state index contributed by atoms with van der Waals surface area (Å²) in [5, 5.41) is 12.2. The van der Waals surface area contributed by atoms with Crippen LogP contribution in [0.3, 0.4) is 0 Å². The van der Waals surface area contributed by atoms with E-state index >= 15 is 0 Å². The largest absolute Gasteiger partial charge is 0.347 e. The highest BCUT2D eigenvalue weighted by Gasteiger charge is 2.41. The van der Waals surface area contributed by atoms with E-state index in [9.17, 15) is 0 Å². The number of rotatable bonds is 4. The smallest absolute Gasteiger partial charge is 0.224 e. The van der Waals surface area contributed by atoms with Crippen molar-refractivity contribution in [1.82, 2.24) is 9.97 Å². The Balaban J connectivity index is 2.23. The molecule has 1 aromatic heterocycles. The zero-order valence-corrected chi connectivity index (χ0v) is 10.2. The van der Waals surface area contributed by atoms with Gasteiger partial charge in [0.1, 0.15) is 11.8 Å². The molecule has 1 saturated carbocycles. The van der Waals surface area contributed by atoms with Crippen molar-refractivity contribution in [2.24, 2.45) is 11.7 Å². The van der Waals surface area contributed by atoms with E-state index in [0.29, 0.717) is 24.1 Å². The van der Waals surface area contributed by atoms with Crippen LogP contribution in [0.25, 0.3) is 0 Å². The Morgan fingerprint density at radius 2 is 2.29 bits per heavy atom. The molecule has 1 aliphatic rings. The molecule has 3 N–H and O–H groups in total. The molecule has 5 heteroatoms. The summed E-state index contributed by atoms with van der Waals surface area (Å²) in [4.78, 5) is 8.45. The van der Waals surface area contributed by atoms with Gasteiger partial charge in [-0.3, -0.25) is 0 Å². The lowest BCUT2D eigenvalue weighted by atomic mass is 9.96. The van der Waals surface area contributed by atoms with Crippen molar-refractivity contribution in [1.29, 1.82) is 5.26 Å². The lowest BCUT2D eigenvalue weighted by Gasteiger charge is -2.29. The molecule has 1 atom stereocenters. The second-order valence-corrected chi connectivity index (χ2v) is 4.85. The minimum absolute atomic E-state index is 0.166. The number of aromatic nitrogens is 2. The first-order chi connectivity index (χ1) is 8.07. The molecule has 5 nitrogen and oxygen atoms in total. The molecule has 90 valence electrons. The van der Waals surface area contributed by atoms with Gasteiger partial charge in [0.2, 0.25) is 5.95 Å². The van der Waals surface area contributed by atoms with E-state index in [0.717, 1.165) is 5.69 Å². The van der Waals surface area contributed by atoms with Crippen molar-refractivity contribution in [3.05, 3.63) is 17.5 Å². The molecule has 0 amide bonds. The molecule has 0 aromatic carbocycles. The molecular weight excluding hydrogens is 214 g/mol. The summed E-state index contributed by atoms with van der Waals surface area (Å²) in [6.45, 7) is 4.48. The third-order valence-electron chi connectivity index (χ3n) is 3.27. The van der Waals surface area contributed by atoms with Crippen molar-refractivity contribution in [3.63, 3.8) is 0 Å². The van der Waals surface area contributed by atoms with E-state index in [2.05, 4.69) is 22.2 Å². The SMILES string of the molecule is Cc1cc(C#N)nc(NC(C)(CN)C2CC2)n1. The van der Waals surface area contributed by atoms with Gasteiger partial charge < -0.3 is 11.1 Å². The van der Waals surface area contributed by atoms with Gasteiger partial charge in [-0.1, -0.05) is 0 Å². The number of aryl methyl sites for hydroxylation is 1. The third kappa shape index (κ3) is 2.53. The Bertz CT molecular complexity index is 460. The second-order valence-electron chi connectivity index (χ2n) is 4.85. The maximum absolute atomic E-state index is 8.87. The molecule has 0 saturated heterocycles. The van der Waals surface area contributed by atoms with Crippen LogP contribution in [0.2, 0.25) is 0 Å². The van der Waals surface area contributed by atoms with Crippen LogP contribution in [0.15, 0.2) is 6.07 Å². The first kappa shape index (κ1) is 11.8. The van der Waals surface area contributed by atoms with Crippen molar-refractivity contribution < 1.29 is 0 Å². The maximum atomic E-state index is 8.87. The zero-order valence-electron chi connectivity index (χ0n) is 10.2. The normalized spacial score (nSPS) is 18.2. The Labute approximate surface area is 101 Å². The van der Waals surface area contributed by atoms with Gasteiger partial charge in [0.15, 0.2) is 0 Å². The summed E-state index contributed by atoms with van der Waals surface area (Å²) in [7, 11) is 0. The van der Waals surface area contributed by atoms with Crippen molar-refractivity contribution >= 4 is 5.95 Å². The first-order valence-electron chi connectivity index (χ1n) is 5.81. The molecule has 1 unspecified atom stereocenters. The Kier molecular flexibility index (Phi) is 2.99. The van der Waals surface area contributed by atoms with Gasteiger partial charge in [-0.2, -0.15) is 5.26 Å². The fraction of sp³-hybridized carbons (Fsp3) is 0.583. The summed E-state index contributed by atoms with van der Waals surface area (Å²) in [6.07, 6.45) is 2.38. The van der Waals surface area contributed by atoms with Crippen LogP contribution in [0.4, 0.5) is 5.95 Å². The highest BCUT2D eigenvalue weighted by Crippen LogP contribution is 2.40. The Morgan fingerprint density at radius 1 is 1.59 bits per heavy atom. The lowest BCUT2D eigenvalue weighted by Crippen LogP contribution is -2.45. The number of anilines is 1. The van der Waals surface area contributed by atoms with E-state index in [1.807, 2.05) is 13.0 Å². The lowest BCUT2D eigenvalue weighted by molar-refractivity contribution is 0.455. The molecule has 17 heavy (non-hydrogen) atoms. The van der Waals surface area contributed by atoms with E-state index in [4.69, 9.17) is 11.0 Å². The topological polar surface area (TPSA) is 87.6 Å². The van der Waals surface area contributed by atoms with Crippen LogP contribution in [-0.2, 0) is 0 Å². The van der Waals surface area contributed by atoms with E-state index in [1.165, 1.54) is 12.8 Å². The van der Waals surface area contributed by atoms with Crippen LogP contribution >= 0.6 is 0 Å². The van der Waals surface area contributed by atoms with Gasteiger partial charge in [0, 0.05) is 12.2 Å². The van der Waals surface area contributed by atoms with E-state index in [1.54, 1.807) is 6.07 Å². The summed E-state index contributed by atoms with van der Waals surface area (Å²) in [6, 6.07) is 3.70. The fourth-order valence-electron chi connectivity index (χ4n) is 1.98. The summed E-state index contributed by atoms with van der Waals surface area (Å²) in [5.74, 6) is 1.09. The third-order valence-corrected chi connectivity index (χ3v) is 3.27. The molecule has 1 heterocycles. The molecule has 0 spiro atoms. The highest BCUT2D eigenvalue weighted by atomic mass is 15.2. The minimum Gasteiger partial charge on any atom is -0.347 e. The van der Waals surface area contributed by atoms with Gasteiger partial charge in [-0.25, -0.2) is 9.97 Å². The number of hydrogen-bond acceptors (Lipinski definition) is 5. The Morgan fingerprint density at radius 3 is 2.82 bits per heavy atom. The molecular formula is C12H17N5. The quantitative estimate of drug-likeness (QED) is 0.812. The average Bonchev–Trinajstić information content (AvgIpc) is 3.12. The number of hydrogen-bond donors (Lipinski definition) is 2. The van der Waals surface area contributed by atoms with Gasteiger partial charge in [0.05, 0.1) is 5.54 Å². The molecule has 1 aliphatic carbocycles. The number of nitrogens with one attached hydrogen (secondary N) is 1. The molecule has 0 aliphatic heterocycles. The maximum Gasteiger partial charge on any atom is 0.224 e. The van der Waals surface area contributed by atoms with Gasteiger partial charge in [0.25, 0.3) is 0 Å². The van der Waals surface area contributed by atoms with Crippen LogP contribution in [0.5, 0.6) is 0 Å². The van der Waals surface area contributed by atoms with E-state index in [-0.39, 0.29) is 5.54 Å². The van der Waals surface area contributed by atoms with Crippen molar-refractivity contribution in [3.8, 4) is 6.07 Å². The molecule has 1 aromatic rings. The fourth-order valence-corrected chi connectivity index (χ4v) is 1.98. The minimum atomic E-state index is -0.166. The monoisotopic (exact) mass is 231 g/mol. The van der Waals surface area contributed by atoms with Crippen molar-refractivity contribution in [2.75, 3.05) is 11.9 Å². The van der Waals surface area contributed by atoms with Crippen LogP contribution < -0.4 is 11.1 Å². The molecule has 0 radical (unpaired) electrons. The number of nitriles is 1. The highest BCUT2D eigenvalue weighted by molar-refractivity contribution is 5.36. The summed E-state index contributed by atoms with van der Waals surface area (Å²) < 4.78 is 0. The van der Waals surface area contributed by atoms with Gasteiger partial charge in [-0.15, -0.1) is 0 Å². The standard InChI is InChI=1S/C12H17N5/c1-8-5-10(6-13)16-11(15-8)17-12(2,7-14)9-3-4-9/h5,9H,3-4,7,14H2,1-2H3,(H,15,16,17). The van der Waals surface area contributed by atoms with Gasteiger partial charge >= 0.3 is 0 Å². The molecule has 1 fully saturated rings. The molecule has 2 rings (SSSR count). The Hall–Kier alpha value is -1.67. The first-order valence-corrected chi connectivity index (χ1v) is 5.81. The predicted molar refractivity (Wildman–Crippen MR) is 65.3 cm³/mol. The number of nitrogens with zero attached hydrogens (tertiary/aromatic N) is 3. The summed E-state index contributed by atoms with van der Waals surface area (Å²) in [5.41, 5.74) is 6.83.